The normalized spacial score (nSPS) is 13.8. The number of aromatic nitrogens is 2. The number of benzene rings is 2. The van der Waals surface area contributed by atoms with Gasteiger partial charge in [-0.2, -0.15) is 8.75 Å². The second-order valence-corrected chi connectivity index (χ2v) is 5.63. The maximum Gasteiger partial charge on any atom is 1.00 e. The molecule has 112 valence electrons. The number of fused-ring (bicyclic) bond motifs is 2. The van der Waals surface area contributed by atoms with Gasteiger partial charge >= 0.3 is 29.6 Å². The van der Waals surface area contributed by atoms with E-state index >= 15 is 0 Å². The standard InChI is InChI=1S/C15H7N3O4S.Na/c19-14-7-3-1-2-4-8(7)15(20)11(14)9-5-6-10(18(21)22)13-12(9)16-23-17-13;/h1-6,11H;/q;+1. The first-order chi connectivity index (χ1) is 11.1. The molecule has 0 amide bonds. The van der Waals surface area contributed by atoms with Gasteiger partial charge in [0.05, 0.1) is 16.7 Å². The Hall–Kier alpha value is -2.00. The van der Waals surface area contributed by atoms with E-state index in [0.29, 0.717) is 16.7 Å². The summed E-state index contributed by atoms with van der Waals surface area (Å²) in [6, 6.07) is 9.30. The van der Waals surface area contributed by atoms with Crippen LogP contribution in [0.2, 0.25) is 0 Å². The smallest absolute Gasteiger partial charge is 0.293 e. The van der Waals surface area contributed by atoms with Crippen LogP contribution in [-0.4, -0.2) is 25.2 Å². The minimum absolute atomic E-state index is 0. The summed E-state index contributed by atoms with van der Waals surface area (Å²) in [5.74, 6) is -1.64. The molecule has 0 unspecified atom stereocenters. The van der Waals surface area contributed by atoms with Gasteiger partial charge in [-0.1, -0.05) is 24.3 Å². The van der Waals surface area contributed by atoms with E-state index in [2.05, 4.69) is 8.75 Å². The minimum atomic E-state index is -1.01. The van der Waals surface area contributed by atoms with Gasteiger partial charge in [-0.15, -0.1) is 0 Å². The molecule has 4 rings (SSSR count). The van der Waals surface area contributed by atoms with E-state index in [1.165, 1.54) is 12.1 Å². The summed E-state index contributed by atoms with van der Waals surface area (Å²) < 4.78 is 8.00. The summed E-state index contributed by atoms with van der Waals surface area (Å²) in [4.78, 5) is 35.7. The van der Waals surface area contributed by atoms with Crippen LogP contribution < -0.4 is 29.6 Å². The summed E-state index contributed by atoms with van der Waals surface area (Å²) in [5.41, 5.74) is 1.27. The third-order valence-electron chi connectivity index (χ3n) is 3.92. The fourth-order valence-electron chi connectivity index (χ4n) is 2.88. The SMILES string of the molecule is O=C1c2ccccc2C(=O)C1c1ccc([N+](=O)[O-])c2nsnc12.[Na+]. The Morgan fingerprint density at radius 2 is 1.54 bits per heavy atom. The number of rotatable bonds is 2. The average molecular weight is 348 g/mol. The van der Waals surface area contributed by atoms with Crippen LogP contribution in [0, 0.1) is 10.1 Å². The zero-order valence-electron chi connectivity index (χ0n) is 12.4. The first kappa shape index (κ1) is 16.8. The van der Waals surface area contributed by atoms with Crippen LogP contribution in [0.4, 0.5) is 5.69 Å². The maximum absolute atomic E-state index is 12.6. The van der Waals surface area contributed by atoms with Crippen molar-refractivity contribution in [1.29, 1.82) is 0 Å². The summed E-state index contributed by atoms with van der Waals surface area (Å²) in [6.07, 6.45) is 0. The van der Waals surface area contributed by atoms with Gasteiger partial charge < -0.3 is 0 Å². The molecule has 3 aromatic rings. The number of nitrogens with zero attached hydrogens (tertiary/aromatic N) is 3. The zero-order chi connectivity index (χ0) is 16.1. The van der Waals surface area contributed by atoms with Crippen LogP contribution in [0.15, 0.2) is 36.4 Å². The van der Waals surface area contributed by atoms with Gasteiger partial charge in [0.15, 0.2) is 17.1 Å². The minimum Gasteiger partial charge on any atom is -0.293 e. The van der Waals surface area contributed by atoms with Crippen LogP contribution in [0.3, 0.4) is 0 Å². The quantitative estimate of drug-likeness (QED) is 0.274. The molecule has 0 radical (unpaired) electrons. The van der Waals surface area contributed by atoms with Crippen LogP contribution >= 0.6 is 11.7 Å². The van der Waals surface area contributed by atoms with Gasteiger partial charge in [-0.25, -0.2) is 0 Å². The van der Waals surface area contributed by atoms with Gasteiger partial charge in [0.25, 0.3) is 5.69 Å². The Bertz CT molecular complexity index is 982. The molecule has 0 saturated carbocycles. The number of Topliss-reactive ketones (excluding diaryl/α,β-unsaturated/α-hetero) is 2. The van der Waals surface area contributed by atoms with Crippen LogP contribution in [0.25, 0.3) is 11.0 Å². The molecule has 1 heterocycles. The largest absolute Gasteiger partial charge is 1.00 e. The predicted octanol–water partition coefficient (Wildman–Crippen LogP) is -0.234. The molecule has 0 aliphatic heterocycles. The van der Waals surface area contributed by atoms with Crippen molar-refractivity contribution >= 4 is 40.0 Å². The van der Waals surface area contributed by atoms with Gasteiger partial charge in [-0.3, -0.25) is 19.7 Å². The van der Waals surface area contributed by atoms with Crippen molar-refractivity contribution in [2.24, 2.45) is 0 Å². The number of nitro benzene ring substituents is 1. The molecule has 0 atom stereocenters. The molecule has 0 fully saturated rings. The summed E-state index contributed by atoms with van der Waals surface area (Å²) in [5, 5.41) is 11.1. The molecule has 24 heavy (non-hydrogen) atoms. The molecule has 1 aliphatic rings. The number of ketones is 2. The van der Waals surface area contributed by atoms with Gasteiger partial charge in [-0.05, 0) is 6.07 Å². The molecule has 0 N–H and O–H groups in total. The Balaban J connectivity index is 0.00000169. The van der Waals surface area contributed by atoms with Crippen molar-refractivity contribution in [1.82, 2.24) is 8.75 Å². The van der Waals surface area contributed by atoms with Crippen molar-refractivity contribution in [3.05, 3.63) is 63.2 Å². The number of carbonyl (C=O) groups is 2. The molecular weight excluding hydrogens is 341 g/mol. The molecule has 2 aromatic carbocycles. The molecule has 0 spiro atoms. The summed E-state index contributed by atoms with van der Waals surface area (Å²) in [6.45, 7) is 0. The third-order valence-corrected chi connectivity index (χ3v) is 4.44. The zero-order valence-corrected chi connectivity index (χ0v) is 15.2. The van der Waals surface area contributed by atoms with E-state index in [0.717, 1.165) is 11.7 Å². The van der Waals surface area contributed by atoms with Gasteiger partial charge in [0.2, 0.25) is 0 Å². The first-order valence-electron chi connectivity index (χ1n) is 6.66. The molecule has 0 saturated heterocycles. The van der Waals surface area contributed by atoms with Crippen molar-refractivity contribution < 1.29 is 44.1 Å². The van der Waals surface area contributed by atoms with E-state index in [-0.39, 0.29) is 57.8 Å². The molecule has 0 bridgehead atoms. The van der Waals surface area contributed by atoms with Crippen molar-refractivity contribution in [2.45, 2.75) is 5.92 Å². The van der Waals surface area contributed by atoms with Crippen molar-refractivity contribution in [3.63, 3.8) is 0 Å². The Morgan fingerprint density at radius 3 is 2.12 bits per heavy atom. The predicted molar refractivity (Wildman–Crippen MR) is 81.9 cm³/mol. The number of nitro groups is 1. The second-order valence-electron chi connectivity index (χ2n) is 5.10. The molecule has 7 nitrogen and oxygen atoms in total. The fraction of sp³-hybridized carbons (Fsp3) is 0.0667. The van der Waals surface area contributed by atoms with E-state index in [9.17, 15) is 19.7 Å². The Morgan fingerprint density at radius 1 is 0.958 bits per heavy atom. The van der Waals surface area contributed by atoms with Gasteiger partial charge in [0.1, 0.15) is 11.4 Å². The maximum atomic E-state index is 12.6. The van der Waals surface area contributed by atoms with Crippen LogP contribution in [0.1, 0.15) is 32.2 Å². The molecule has 9 heteroatoms. The van der Waals surface area contributed by atoms with Crippen molar-refractivity contribution in [2.75, 3.05) is 0 Å². The Labute approximate surface area is 161 Å². The monoisotopic (exact) mass is 348 g/mol. The van der Waals surface area contributed by atoms with E-state index in [1.54, 1.807) is 24.3 Å². The van der Waals surface area contributed by atoms with Crippen molar-refractivity contribution in [3.8, 4) is 0 Å². The van der Waals surface area contributed by atoms with E-state index in [4.69, 9.17) is 0 Å². The molecule has 1 aromatic heterocycles. The summed E-state index contributed by atoms with van der Waals surface area (Å²) in [7, 11) is 0. The number of hydrogen-bond acceptors (Lipinski definition) is 7. The number of carbonyl (C=O) groups excluding carboxylic acids is 2. The average Bonchev–Trinajstić information content (AvgIpc) is 3.12. The molecule has 1 aliphatic carbocycles. The van der Waals surface area contributed by atoms with Gasteiger partial charge in [0, 0.05) is 22.8 Å². The third kappa shape index (κ3) is 2.30. The van der Waals surface area contributed by atoms with Crippen LogP contribution in [-0.2, 0) is 0 Å². The number of hydrogen-bond donors (Lipinski definition) is 0. The number of non-ortho nitro benzene ring substituents is 1. The van der Waals surface area contributed by atoms with Crippen LogP contribution in [0.5, 0.6) is 0 Å². The Kier molecular flexibility index (Phi) is 4.31. The fourth-order valence-corrected chi connectivity index (χ4v) is 3.45. The summed E-state index contributed by atoms with van der Waals surface area (Å²) >= 11 is 0.817. The topological polar surface area (TPSA) is 103 Å². The van der Waals surface area contributed by atoms with E-state index < -0.39 is 10.8 Å². The molecular formula is C15H7N3NaO4S+. The first-order valence-corrected chi connectivity index (χ1v) is 7.39. The second kappa shape index (κ2) is 6.14. The van der Waals surface area contributed by atoms with E-state index in [1.807, 2.05) is 0 Å².